The lowest BCUT2D eigenvalue weighted by molar-refractivity contribution is -0.142. The molecule has 0 aliphatic carbocycles. The lowest BCUT2D eigenvalue weighted by Crippen LogP contribution is -2.42. The Morgan fingerprint density at radius 2 is 2.25 bits per heavy atom. The van der Waals surface area contributed by atoms with E-state index < -0.39 is 17.9 Å². The number of hydrogen-bond acceptors (Lipinski definition) is 5. The maximum atomic E-state index is 11.4. The van der Waals surface area contributed by atoms with Crippen LogP contribution >= 0.6 is 0 Å². The van der Waals surface area contributed by atoms with Crippen molar-refractivity contribution < 1.29 is 19.8 Å². The largest absolute Gasteiger partial charge is 0.480 e. The first kappa shape index (κ1) is 12.1. The standard InChI is InChI=1S/C8H12N4O4/c13-4-1-6(8(15)16)10-7(14)5-12-3-2-9-11-12/h2-3,6,13H,1,4-5H2,(H,10,14)(H,15,16)/t6-/m0/s1. The molecule has 1 aromatic rings. The highest BCUT2D eigenvalue weighted by atomic mass is 16.4. The molecule has 0 radical (unpaired) electrons. The van der Waals surface area contributed by atoms with Crippen LogP contribution in [-0.4, -0.2) is 49.7 Å². The summed E-state index contributed by atoms with van der Waals surface area (Å²) in [6.07, 6.45) is 2.87. The Kier molecular flexibility index (Phi) is 4.40. The normalized spacial score (nSPS) is 12.1. The fourth-order valence-corrected chi connectivity index (χ4v) is 1.09. The summed E-state index contributed by atoms with van der Waals surface area (Å²) in [5.41, 5.74) is 0. The number of carbonyl (C=O) groups is 2. The molecule has 0 unspecified atom stereocenters. The first-order valence-electron chi connectivity index (χ1n) is 4.60. The quantitative estimate of drug-likeness (QED) is 0.530. The summed E-state index contributed by atoms with van der Waals surface area (Å²) < 4.78 is 1.27. The summed E-state index contributed by atoms with van der Waals surface area (Å²) >= 11 is 0. The van der Waals surface area contributed by atoms with Crippen molar-refractivity contribution in [1.29, 1.82) is 0 Å². The minimum atomic E-state index is -1.18. The van der Waals surface area contributed by atoms with E-state index in [1.807, 2.05) is 0 Å². The third kappa shape index (κ3) is 3.65. The number of nitrogens with zero attached hydrogens (tertiary/aromatic N) is 3. The molecule has 1 heterocycles. The van der Waals surface area contributed by atoms with Crippen LogP contribution in [0.4, 0.5) is 0 Å². The number of carboxylic acids is 1. The van der Waals surface area contributed by atoms with Crippen LogP contribution < -0.4 is 5.32 Å². The third-order valence-corrected chi connectivity index (χ3v) is 1.83. The molecule has 1 rings (SSSR count). The summed E-state index contributed by atoms with van der Waals surface area (Å²) in [7, 11) is 0. The van der Waals surface area contributed by atoms with Gasteiger partial charge in [0.25, 0.3) is 0 Å². The number of aliphatic hydroxyl groups excluding tert-OH is 1. The van der Waals surface area contributed by atoms with E-state index in [2.05, 4.69) is 15.6 Å². The predicted molar refractivity (Wildman–Crippen MR) is 51.3 cm³/mol. The molecule has 0 saturated carbocycles. The first-order valence-corrected chi connectivity index (χ1v) is 4.60. The van der Waals surface area contributed by atoms with Gasteiger partial charge in [-0.1, -0.05) is 5.21 Å². The van der Waals surface area contributed by atoms with Gasteiger partial charge in [-0.15, -0.1) is 5.10 Å². The molecule has 1 aromatic heterocycles. The molecule has 0 fully saturated rings. The van der Waals surface area contributed by atoms with Crippen molar-refractivity contribution in [1.82, 2.24) is 20.3 Å². The Bertz CT molecular complexity index is 351. The molecule has 0 aromatic carbocycles. The van der Waals surface area contributed by atoms with Crippen LogP contribution in [0.3, 0.4) is 0 Å². The summed E-state index contributed by atoms with van der Waals surface area (Å²) in [6, 6.07) is -1.08. The topological polar surface area (TPSA) is 117 Å². The van der Waals surface area contributed by atoms with Crippen molar-refractivity contribution in [2.45, 2.75) is 19.0 Å². The number of aliphatic carboxylic acids is 1. The number of rotatable bonds is 6. The minimum absolute atomic E-state index is 0.0293. The van der Waals surface area contributed by atoms with E-state index in [4.69, 9.17) is 10.2 Å². The van der Waals surface area contributed by atoms with Crippen molar-refractivity contribution in [3.63, 3.8) is 0 Å². The maximum Gasteiger partial charge on any atom is 0.326 e. The highest BCUT2D eigenvalue weighted by Gasteiger charge is 2.19. The lowest BCUT2D eigenvalue weighted by Gasteiger charge is -2.12. The first-order chi connectivity index (χ1) is 7.63. The van der Waals surface area contributed by atoms with E-state index in [9.17, 15) is 9.59 Å². The molecule has 88 valence electrons. The van der Waals surface area contributed by atoms with Gasteiger partial charge in [-0.2, -0.15) is 0 Å². The fourth-order valence-electron chi connectivity index (χ4n) is 1.09. The zero-order valence-electron chi connectivity index (χ0n) is 8.41. The van der Waals surface area contributed by atoms with Gasteiger partial charge in [-0.05, 0) is 0 Å². The molecule has 1 amide bonds. The van der Waals surface area contributed by atoms with Crippen LogP contribution in [0.1, 0.15) is 6.42 Å². The van der Waals surface area contributed by atoms with Crippen molar-refractivity contribution in [3.05, 3.63) is 12.4 Å². The summed E-state index contributed by atoms with van der Waals surface area (Å²) in [5.74, 6) is -1.67. The van der Waals surface area contributed by atoms with Crippen LogP contribution in [0.2, 0.25) is 0 Å². The summed E-state index contributed by atoms with van der Waals surface area (Å²) in [6.45, 7) is -0.407. The van der Waals surface area contributed by atoms with Gasteiger partial charge in [0.05, 0.1) is 6.20 Å². The van der Waals surface area contributed by atoms with E-state index in [0.717, 1.165) is 0 Å². The van der Waals surface area contributed by atoms with Gasteiger partial charge in [0, 0.05) is 19.2 Å². The highest BCUT2D eigenvalue weighted by molar-refractivity contribution is 5.83. The Morgan fingerprint density at radius 3 is 2.75 bits per heavy atom. The Balaban J connectivity index is 2.45. The third-order valence-electron chi connectivity index (χ3n) is 1.83. The second-order valence-electron chi connectivity index (χ2n) is 3.07. The van der Waals surface area contributed by atoms with E-state index in [1.54, 1.807) is 0 Å². The molecule has 0 aliphatic rings. The number of amides is 1. The van der Waals surface area contributed by atoms with E-state index in [1.165, 1.54) is 17.1 Å². The van der Waals surface area contributed by atoms with Gasteiger partial charge in [0.15, 0.2) is 0 Å². The summed E-state index contributed by atoms with van der Waals surface area (Å²) in [5, 5.41) is 26.7. The van der Waals surface area contributed by atoms with Gasteiger partial charge in [0.1, 0.15) is 12.6 Å². The number of nitrogens with one attached hydrogen (secondary N) is 1. The number of carboxylic acid groups (broad SMARTS) is 1. The smallest absolute Gasteiger partial charge is 0.326 e. The number of hydrogen-bond donors (Lipinski definition) is 3. The Morgan fingerprint density at radius 1 is 1.50 bits per heavy atom. The monoisotopic (exact) mass is 228 g/mol. The molecule has 1 atom stereocenters. The molecule has 0 saturated heterocycles. The maximum absolute atomic E-state index is 11.4. The van der Waals surface area contributed by atoms with Gasteiger partial charge in [-0.25, -0.2) is 9.48 Å². The number of aromatic nitrogens is 3. The number of carbonyl (C=O) groups excluding carboxylic acids is 1. The van der Waals surface area contributed by atoms with Gasteiger partial charge in [-0.3, -0.25) is 4.79 Å². The van der Waals surface area contributed by atoms with Crippen molar-refractivity contribution >= 4 is 11.9 Å². The van der Waals surface area contributed by atoms with E-state index in [-0.39, 0.29) is 19.6 Å². The van der Waals surface area contributed by atoms with Crippen LogP contribution in [0.25, 0.3) is 0 Å². The van der Waals surface area contributed by atoms with Crippen molar-refractivity contribution in [2.75, 3.05) is 6.61 Å². The molecule has 3 N–H and O–H groups in total. The summed E-state index contributed by atoms with van der Waals surface area (Å²) in [4.78, 5) is 22.0. The van der Waals surface area contributed by atoms with Gasteiger partial charge < -0.3 is 15.5 Å². The van der Waals surface area contributed by atoms with Gasteiger partial charge in [0.2, 0.25) is 5.91 Å². The zero-order chi connectivity index (χ0) is 12.0. The average Bonchev–Trinajstić information content (AvgIpc) is 2.69. The predicted octanol–water partition coefficient (Wildman–Crippen LogP) is -1.77. The van der Waals surface area contributed by atoms with E-state index in [0.29, 0.717) is 0 Å². The van der Waals surface area contributed by atoms with Crippen molar-refractivity contribution in [2.24, 2.45) is 0 Å². The van der Waals surface area contributed by atoms with Crippen LogP contribution in [0.15, 0.2) is 12.4 Å². The Labute approximate surface area is 90.9 Å². The SMILES string of the molecule is O=C(Cn1ccnn1)N[C@@H](CCO)C(=O)O. The van der Waals surface area contributed by atoms with Crippen LogP contribution in [-0.2, 0) is 16.1 Å². The zero-order valence-corrected chi connectivity index (χ0v) is 8.41. The van der Waals surface area contributed by atoms with Crippen LogP contribution in [0, 0.1) is 0 Å². The molecular formula is C8H12N4O4. The highest BCUT2D eigenvalue weighted by Crippen LogP contribution is 1.92. The van der Waals surface area contributed by atoms with Gasteiger partial charge >= 0.3 is 5.97 Å². The molecule has 0 spiro atoms. The minimum Gasteiger partial charge on any atom is -0.480 e. The molecule has 8 heteroatoms. The second kappa shape index (κ2) is 5.81. The van der Waals surface area contributed by atoms with E-state index >= 15 is 0 Å². The lowest BCUT2D eigenvalue weighted by atomic mass is 10.2. The molecule has 16 heavy (non-hydrogen) atoms. The Hall–Kier alpha value is -1.96. The molecule has 0 bridgehead atoms. The van der Waals surface area contributed by atoms with Crippen molar-refractivity contribution in [3.8, 4) is 0 Å². The van der Waals surface area contributed by atoms with Crippen LogP contribution in [0.5, 0.6) is 0 Å². The molecule has 8 nitrogen and oxygen atoms in total. The fraction of sp³-hybridized carbons (Fsp3) is 0.500. The number of aliphatic hydroxyl groups is 1. The second-order valence-corrected chi connectivity index (χ2v) is 3.07. The molecule has 0 aliphatic heterocycles. The average molecular weight is 228 g/mol. The molecular weight excluding hydrogens is 216 g/mol.